The third-order valence-electron chi connectivity index (χ3n) is 6.35. The van der Waals surface area contributed by atoms with Gasteiger partial charge in [0.25, 0.3) is 11.5 Å². The molecule has 0 saturated carbocycles. The van der Waals surface area contributed by atoms with E-state index in [0.29, 0.717) is 35.1 Å². The van der Waals surface area contributed by atoms with Gasteiger partial charge >= 0.3 is 0 Å². The lowest BCUT2D eigenvalue weighted by atomic mass is 9.84. The van der Waals surface area contributed by atoms with E-state index in [1.165, 1.54) is 24.5 Å². The lowest BCUT2D eigenvalue weighted by Gasteiger charge is -2.30. The fourth-order valence-electron chi connectivity index (χ4n) is 4.53. The van der Waals surface area contributed by atoms with Gasteiger partial charge in [-0.15, -0.1) is 0 Å². The maximum Gasteiger partial charge on any atom is 0.254 e. The van der Waals surface area contributed by atoms with Gasteiger partial charge in [0.2, 0.25) is 0 Å². The number of halogens is 1. The number of aromatic nitrogens is 4. The molecule has 0 aliphatic carbocycles. The highest BCUT2D eigenvalue weighted by Gasteiger charge is 2.35. The Morgan fingerprint density at radius 3 is 2.97 bits per heavy atom. The summed E-state index contributed by atoms with van der Waals surface area (Å²) in [5.74, 6) is -0.0832. The van der Waals surface area contributed by atoms with E-state index in [-0.39, 0.29) is 31.1 Å². The molecule has 2 aliphatic rings. The third-order valence-corrected chi connectivity index (χ3v) is 6.35. The average Bonchev–Trinajstić information content (AvgIpc) is 3.02. The molecule has 1 atom stereocenters. The van der Waals surface area contributed by atoms with Crippen LogP contribution in [0.3, 0.4) is 0 Å². The molecule has 0 radical (unpaired) electrons. The van der Waals surface area contributed by atoms with Crippen LogP contribution in [0.15, 0.2) is 41.6 Å². The van der Waals surface area contributed by atoms with Gasteiger partial charge in [-0.2, -0.15) is 0 Å². The van der Waals surface area contributed by atoms with Crippen molar-refractivity contribution < 1.29 is 18.7 Å². The number of carbonyl (C=O) groups is 1. The largest absolute Gasteiger partial charge is 0.467 e. The van der Waals surface area contributed by atoms with E-state index < -0.39 is 17.1 Å². The zero-order valence-electron chi connectivity index (χ0n) is 18.7. The number of carbonyl (C=O) groups excluding carboxylic acids is 1. The summed E-state index contributed by atoms with van der Waals surface area (Å²) < 4.78 is 26.4. The molecule has 9 nitrogen and oxygen atoms in total. The second kappa shape index (κ2) is 8.94. The first-order chi connectivity index (χ1) is 16.4. The molecule has 0 bridgehead atoms. The number of rotatable bonds is 4. The van der Waals surface area contributed by atoms with Crippen molar-refractivity contribution in [3.05, 3.63) is 69.9 Å². The Hall–Kier alpha value is -3.66. The number of benzene rings is 1. The Kier molecular flexibility index (Phi) is 5.82. The molecule has 1 unspecified atom stereocenters. The van der Waals surface area contributed by atoms with Gasteiger partial charge in [-0.05, 0) is 25.0 Å². The molecule has 0 spiro atoms. The van der Waals surface area contributed by atoms with E-state index in [4.69, 9.17) is 14.5 Å². The summed E-state index contributed by atoms with van der Waals surface area (Å²) in [5.41, 5.74) is 0.925. The van der Waals surface area contributed by atoms with Crippen molar-refractivity contribution in [2.45, 2.75) is 44.8 Å². The Bertz CT molecular complexity index is 1300. The first-order valence-corrected chi connectivity index (χ1v) is 11.1. The van der Waals surface area contributed by atoms with E-state index >= 15 is 0 Å². The van der Waals surface area contributed by atoms with Gasteiger partial charge in [-0.1, -0.05) is 13.3 Å². The van der Waals surface area contributed by atoms with E-state index in [1.54, 1.807) is 16.8 Å². The second-order valence-corrected chi connectivity index (χ2v) is 8.79. The fraction of sp³-hybridized carbons (Fsp3) is 0.375. The van der Waals surface area contributed by atoms with Gasteiger partial charge < -0.3 is 14.8 Å². The van der Waals surface area contributed by atoms with E-state index in [0.717, 1.165) is 19.3 Å². The summed E-state index contributed by atoms with van der Waals surface area (Å²) in [6.45, 7) is 2.94. The number of nitrogens with one attached hydrogen (secondary N) is 1. The maximum atomic E-state index is 14.1. The van der Waals surface area contributed by atoms with Crippen LogP contribution in [0.1, 0.15) is 47.9 Å². The van der Waals surface area contributed by atoms with Crippen molar-refractivity contribution >= 4 is 5.91 Å². The predicted molar refractivity (Wildman–Crippen MR) is 120 cm³/mol. The topological polar surface area (TPSA) is 108 Å². The van der Waals surface area contributed by atoms with Crippen LogP contribution < -0.4 is 15.6 Å². The van der Waals surface area contributed by atoms with Crippen molar-refractivity contribution in [2.24, 2.45) is 0 Å². The number of fused-ring (bicyclic) bond motifs is 2. The molecule has 1 aromatic carbocycles. The highest BCUT2D eigenvalue weighted by atomic mass is 19.1. The van der Waals surface area contributed by atoms with Crippen LogP contribution in [0.2, 0.25) is 0 Å². The molecule has 1 amide bonds. The molecule has 0 fully saturated rings. The monoisotopic (exact) mass is 465 g/mol. The minimum atomic E-state index is -0.616. The van der Waals surface area contributed by atoms with Crippen LogP contribution in [-0.4, -0.2) is 38.8 Å². The molecular formula is C24H24FN5O4. The van der Waals surface area contributed by atoms with Crippen LogP contribution in [0.25, 0.3) is 11.4 Å². The number of amides is 1. The van der Waals surface area contributed by atoms with Gasteiger partial charge in [0.05, 0.1) is 23.6 Å². The summed E-state index contributed by atoms with van der Waals surface area (Å²) in [7, 11) is 0. The van der Waals surface area contributed by atoms with Crippen LogP contribution in [0.4, 0.5) is 4.39 Å². The van der Waals surface area contributed by atoms with Crippen molar-refractivity contribution in [1.29, 1.82) is 0 Å². The lowest BCUT2D eigenvalue weighted by Crippen LogP contribution is -2.42. The quantitative estimate of drug-likeness (QED) is 0.631. The highest BCUT2D eigenvalue weighted by Crippen LogP contribution is 2.32. The predicted octanol–water partition coefficient (Wildman–Crippen LogP) is 2.58. The summed E-state index contributed by atoms with van der Waals surface area (Å²) in [4.78, 5) is 39.1. The SMILES string of the molecule is CC1(CNC(=O)c2cc(F)cc3c2COCO3)CCCCn2c1nc(-c1ccncn1)cc2=O. The molecule has 10 heteroatoms. The van der Waals surface area contributed by atoms with Crippen LogP contribution in [0.5, 0.6) is 5.75 Å². The number of hydrogen-bond acceptors (Lipinski definition) is 7. The molecule has 4 heterocycles. The number of nitrogens with zero attached hydrogens (tertiary/aromatic N) is 4. The summed E-state index contributed by atoms with van der Waals surface area (Å²) >= 11 is 0. The maximum absolute atomic E-state index is 14.1. The summed E-state index contributed by atoms with van der Waals surface area (Å²) in [6, 6.07) is 5.62. The molecule has 2 aliphatic heterocycles. The Balaban J connectivity index is 1.47. The average molecular weight is 465 g/mol. The smallest absolute Gasteiger partial charge is 0.254 e. The van der Waals surface area contributed by atoms with Crippen molar-refractivity contribution in [1.82, 2.24) is 24.8 Å². The fourth-order valence-corrected chi connectivity index (χ4v) is 4.53. The van der Waals surface area contributed by atoms with Gasteiger partial charge in [0.1, 0.15) is 23.7 Å². The second-order valence-electron chi connectivity index (χ2n) is 8.79. The normalized spacial score (nSPS) is 19.4. The van der Waals surface area contributed by atoms with Gasteiger partial charge in [0.15, 0.2) is 6.79 Å². The zero-order valence-corrected chi connectivity index (χ0v) is 18.7. The summed E-state index contributed by atoms with van der Waals surface area (Å²) in [5, 5.41) is 2.94. The van der Waals surface area contributed by atoms with Crippen molar-refractivity contribution in [3.63, 3.8) is 0 Å². The Labute approximate surface area is 195 Å². The molecule has 2 aromatic heterocycles. The summed E-state index contributed by atoms with van der Waals surface area (Å²) in [6.07, 6.45) is 5.43. The Morgan fingerprint density at radius 1 is 1.26 bits per heavy atom. The number of ether oxygens (including phenoxy) is 2. The molecule has 3 aromatic rings. The zero-order chi connectivity index (χ0) is 23.7. The lowest BCUT2D eigenvalue weighted by molar-refractivity contribution is -0.0170. The van der Waals surface area contributed by atoms with Gasteiger partial charge in [0, 0.05) is 42.4 Å². The molecule has 1 N–H and O–H groups in total. The first-order valence-electron chi connectivity index (χ1n) is 11.1. The van der Waals surface area contributed by atoms with Crippen molar-refractivity contribution in [3.8, 4) is 17.1 Å². The van der Waals surface area contributed by atoms with E-state index in [9.17, 15) is 14.0 Å². The molecule has 176 valence electrons. The molecule has 0 saturated heterocycles. The highest BCUT2D eigenvalue weighted by molar-refractivity contribution is 5.96. The third kappa shape index (κ3) is 4.16. The van der Waals surface area contributed by atoms with E-state index in [1.807, 2.05) is 6.92 Å². The minimum absolute atomic E-state index is 0.0153. The molecule has 5 rings (SSSR count). The molecular weight excluding hydrogens is 441 g/mol. The molecule has 34 heavy (non-hydrogen) atoms. The van der Waals surface area contributed by atoms with Crippen molar-refractivity contribution in [2.75, 3.05) is 13.3 Å². The van der Waals surface area contributed by atoms with E-state index in [2.05, 4.69) is 15.3 Å². The van der Waals surface area contributed by atoms with Crippen LogP contribution >= 0.6 is 0 Å². The van der Waals surface area contributed by atoms with Crippen LogP contribution in [-0.2, 0) is 23.3 Å². The number of hydrogen-bond donors (Lipinski definition) is 1. The van der Waals surface area contributed by atoms with Crippen LogP contribution in [0, 0.1) is 5.82 Å². The minimum Gasteiger partial charge on any atom is -0.467 e. The van der Waals surface area contributed by atoms with Gasteiger partial charge in [-0.25, -0.2) is 19.3 Å². The Morgan fingerprint density at radius 2 is 2.15 bits per heavy atom. The first kappa shape index (κ1) is 22.1. The standard InChI is InChI=1S/C24H24FN5O4/c1-24(12-27-22(32)16-8-15(25)9-20-17(16)11-33-14-34-20)5-2-3-7-30-21(31)10-19(29-23(24)30)18-4-6-26-13-28-18/h4,6,8-10,13H,2-3,5,7,11-12,14H2,1H3,(H,27,32). The van der Waals surface area contributed by atoms with Gasteiger partial charge in [-0.3, -0.25) is 14.2 Å².